The molecule has 0 aliphatic heterocycles. The molecule has 0 amide bonds. The predicted octanol–water partition coefficient (Wildman–Crippen LogP) is 4.31. The molecule has 1 unspecified atom stereocenters. The fraction of sp³-hybridized carbons (Fsp3) is 0.200. The first-order chi connectivity index (χ1) is 9.55. The summed E-state index contributed by atoms with van der Waals surface area (Å²) in [5.41, 5.74) is 0.897. The second-order valence-corrected chi connectivity index (χ2v) is 4.61. The van der Waals surface area contributed by atoms with Crippen LogP contribution in [0.4, 0.5) is 8.78 Å². The number of hydrogen-bond donors (Lipinski definition) is 0. The van der Waals surface area contributed by atoms with Crippen molar-refractivity contribution in [3.05, 3.63) is 59.2 Å². The molecule has 0 aliphatic rings. The van der Waals surface area contributed by atoms with Gasteiger partial charge in [0.15, 0.2) is 0 Å². The van der Waals surface area contributed by atoms with Crippen LogP contribution in [-0.4, -0.2) is 14.2 Å². The Kier molecular flexibility index (Phi) is 4.45. The highest BCUT2D eigenvalue weighted by atomic mass is 35.5. The number of benzene rings is 2. The molecule has 2 nitrogen and oxygen atoms in total. The van der Waals surface area contributed by atoms with Crippen molar-refractivity contribution in [3.63, 3.8) is 0 Å². The Morgan fingerprint density at radius 1 is 0.950 bits per heavy atom. The summed E-state index contributed by atoms with van der Waals surface area (Å²) in [7, 11) is 3.03. The average Bonchev–Trinajstić information content (AvgIpc) is 2.44. The summed E-state index contributed by atoms with van der Waals surface area (Å²) in [6, 6.07) is 8.28. The summed E-state index contributed by atoms with van der Waals surface area (Å²) in [4.78, 5) is 0. The van der Waals surface area contributed by atoms with Gasteiger partial charge in [-0.3, -0.25) is 0 Å². The van der Waals surface area contributed by atoms with Gasteiger partial charge >= 0.3 is 0 Å². The molecule has 2 aromatic rings. The van der Waals surface area contributed by atoms with Crippen molar-refractivity contribution < 1.29 is 18.3 Å². The molecular formula is C15H13ClF2O2. The highest BCUT2D eigenvalue weighted by Crippen LogP contribution is 2.37. The second-order valence-electron chi connectivity index (χ2n) is 4.17. The lowest BCUT2D eigenvalue weighted by molar-refractivity contribution is 0.399. The standard InChI is InChI=1S/C15H13ClF2O2/c1-19-12-3-4-14(20-2)13(8-12)15(16)9-5-10(17)7-11(18)6-9/h3-8,15H,1-2H3. The van der Waals surface area contributed by atoms with E-state index in [4.69, 9.17) is 21.1 Å². The van der Waals surface area contributed by atoms with Gasteiger partial charge in [0.2, 0.25) is 0 Å². The van der Waals surface area contributed by atoms with E-state index in [9.17, 15) is 8.78 Å². The first-order valence-electron chi connectivity index (χ1n) is 5.87. The van der Waals surface area contributed by atoms with Crippen LogP contribution in [-0.2, 0) is 0 Å². The maximum absolute atomic E-state index is 13.3. The van der Waals surface area contributed by atoms with Gasteiger partial charge in [0, 0.05) is 11.6 Å². The largest absolute Gasteiger partial charge is 0.497 e. The van der Waals surface area contributed by atoms with Crippen molar-refractivity contribution in [3.8, 4) is 11.5 Å². The Labute approximate surface area is 120 Å². The van der Waals surface area contributed by atoms with Crippen molar-refractivity contribution in [2.75, 3.05) is 14.2 Å². The van der Waals surface area contributed by atoms with Gasteiger partial charge < -0.3 is 9.47 Å². The molecule has 0 saturated heterocycles. The SMILES string of the molecule is COc1ccc(OC)c(C(Cl)c2cc(F)cc(F)c2)c1. The Balaban J connectivity index is 2.48. The lowest BCUT2D eigenvalue weighted by Gasteiger charge is -2.16. The van der Waals surface area contributed by atoms with Crippen LogP contribution in [0.25, 0.3) is 0 Å². The van der Waals surface area contributed by atoms with Gasteiger partial charge in [-0.2, -0.15) is 0 Å². The van der Waals surface area contributed by atoms with Gasteiger partial charge in [-0.05, 0) is 35.9 Å². The third-order valence-corrected chi connectivity index (χ3v) is 3.37. The maximum Gasteiger partial charge on any atom is 0.126 e. The monoisotopic (exact) mass is 298 g/mol. The van der Waals surface area contributed by atoms with E-state index in [0.29, 0.717) is 22.6 Å². The van der Waals surface area contributed by atoms with Gasteiger partial charge in [-0.1, -0.05) is 0 Å². The number of alkyl halides is 1. The zero-order valence-electron chi connectivity index (χ0n) is 11.0. The van der Waals surface area contributed by atoms with E-state index in [1.165, 1.54) is 26.4 Å². The molecule has 0 N–H and O–H groups in total. The molecule has 0 spiro atoms. The number of halogens is 3. The minimum absolute atomic E-state index is 0.315. The van der Waals surface area contributed by atoms with Crippen molar-refractivity contribution in [2.45, 2.75) is 5.38 Å². The molecule has 0 radical (unpaired) electrons. The fourth-order valence-electron chi connectivity index (χ4n) is 1.94. The minimum atomic E-state index is -0.745. The van der Waals surface area contributed by atoms with E-state index in [1.807, 2.05) is 0 Å². The van der Waals surface area contributed by atoms with E-state index in [0.717, 1.165) is 6.07 Å². The van der Waals surface area contributed by atoms with Crippen LogP contribution in [0.5, 0.6) is 11.5 Å². The summed E-state index contributed by atoms with van der Waals surface area (Å²) in [5.74, 6) is -0.237. The van der Waals surface area contributed by atoms with Gasteiger partial charge in [0.05, 0.1) is 19.6 Å². The topological polar surface area (TPSA) is 18.5 Å². The molecule has 2 rings (SSSR count). The molecule has 2 aromatic carbocycles. The number of hydrogen-bond acceptors (Lipinski definition) is 2. The number of methoxy groups -OCH3 is 2. The Bertz CT molecular complexity index is 597. The van der Waals surface area contributed by atoms with Crippen molar-refractivity contribution in [1.82, 2.24) is 0 Å². The molecule has 0 fully saturated rings. The van der Waals surface area contributed by atoms with E-state index in [-0.39, 0.29) is 0 Å². The molecule has 0 saturated carbocycles. The summed E-state index contributed by atoms with van der Waals surface area (Å²) < 4.78 is 36.9. The lowest BCUT2D eigenvalue weighted by Crippen LogP contribution is -2.00. The molecule has 0 aliphatic carbocycles. The van der Waals surface area contributed by atoms with Crippen LogP contribution in [0.2, 0.25) is 0 Å². The van der Waals surface area contributed by atoms with Gasteiger partial charge in [-0.25, -0.2) is 8.78 Å². The molecule has 0 bridgehead atoms. The first-order valence-corrected chi connectivity index (χ1v) is 6.30. The molecule has 106 valence electrons. The highest BCUT2D eigenvalue weighted by molar-refractivity contribution is 6.22. The van der Waals surface area contributed by atoms with E-state index >= 15 is 0 Å². The third kappa shape index (κ3) is 3.02. The molecular weight excluding hydrogens is 286 g/mol. The third-order valence-electron chi connectivity index (χ3n) is 2.89. The number of ether oxygens (including phenoxy) is 2. The van der Waals surface area contributed by atoms with Crippen LogP contribution in [0, 0.1) is 11.6 Å². The van der Waals surface area contributed by atoms with Crippen LogP contribution in [0.3, 0.4) is 0 Å². The zero-order chi connectivity index (χ0) is 14.7. The van der Waals surface area contributed by atoms with Gasteiger partial charge in [0.25, 0.3) is 0 Å². The summed E-state index contributed by atoms with van der Waals surface area (Å²) in [5, 5.41) is -0.745. The zero-order valence-corrected chi connectivity index (χ0v) is 11.7. The second kappa shape index (κ2) is 6.09. The van der Waals surface area contributed by atoms with E-state index < -0.39 is 17.0 Å². The average molecular weight is 299 g/mol. The van der Waals surface area contributed by atoms with Crippen LogP contribution >= 0.6 is 11.6 Å². The predicted molar refractivity (Wildman–Crippen MR) is 73.6 cm³/mol. The summed E-state index contributed by atoms with van der Waals surface area (Å²) in [6.45, 7) is 0. The summed E-state index contributed by atoms with van der Waals surface area (Å²) >= 11 is 6.32. The highest BCUT2D eigenvalue weighted by Gasteiger charge is 2.18. The van der Waals surface area contributed by atoms with Crippen LogP contribution in [0.1, 0.15) is 16.5 Å². The van der Waals surface area contributed by atoms with Crippen LogP contribution < -0.4 is 9.47 Å². The van der Waals surface area contributed by atoms with Gasteiger partial charge in [0.1, 0.15) is 23.1 Å². The van der Waals surface area contributed by atoms with E-state index in [1.54, 1.807) is 18.2 Å². The van der Waals surface area contributed by atoms with Crippen molar-refractivity contribution in [1.29, 1.82) is 0 Å². The van der Waals surface area contributed by atoms with Crippen molar-refractivity contribution >= 4 is 11.6 Å². The quantitative estimate of drug-likeness (QED) is 0.783. The van der Waals surface area contributed by atoms with E-state index in [2.05, 4.69) is 0 Å². The molecule has 20 heavy (non-hydrogen) atoms. The Morgan fingerprint density at radius 3 is 2.15 bits per heavy atom. The molecule has 1 atom stereocenters. The normalized spacial score (nSPS) is 12.1. The summed E-state index contributed by atoms with van der Waals surface area (Å²) in [6.07, 6.45) is 0. The molecule has 0 aromatic heterocycles. The smallest absolute Gasteiger partial charge is 0.126 e. The molecule has 0 heterocycles. The Hall–Kier alpha value is -1.81. The van der Waals surface area contributed by atoms with Crippen molar-refractivity contribution in [2.24, 2.45) is 0 Å². The van der Waals surface area contributed by atoms with Crippen LogP contribution in [0.15, 0.2) is 36.4 Å². The maximum atomic E-state index is 13.3. The molecule has 5 heteroatoms. The number of rotatable bonds is 4. The minimum Gasteiger partial charge on any atom is -0.497 e. The first kappa shape index (κ1) is 14.6. The fourth-order valence-corrected chi connectivity index (χ4v) is 2.24. The lowest BCUT2D eigenvalue weighted by atomic mass is 10.0. The van der Waals surface area contributed by atoms with Gasteiger partial charge in [-0.15, -0.1) is 11.6 Å². The Morgan fingerprint density at radius 2 is 1.60 bits per heavy atom.